The van der Waals surface area contributed by atoms with Crippen molar-refractivity contribution in [3.05, 3.63) is 53.6 Å². The molecule has 23 heavy (non-hydrogen) atoms. The van der Waals surface area contributed by atoms with E-state index in [1.807, 2.05) is 0 Å². The summed E-state index contributed by atoms with van der Waals surface area (Å²) in [6.07, 6.45) is 0.760. The standard InChI is InChI=1S/C18H18N2O2S/c1-11-3-4-13-10-17(23-16(13)9-11)18(22)20-15-7-5-14(6-8-15)19-12(2)21/h3-9,17H,10H2,1-2H3,(H,19,21)(H,20,22). The van der Waals surface area contributed by atoms with Crippen LogP contribution >= 0.6 is 11.8 Å². The number of rotatable bonds is 3. The molecule has 2 aromatic carbocycles. The van der Waals surface area contributed by atoms with Crippen LogP contribution in [0.15, 0.2) is 47.4 Å². The van der Waals surface area contributed by atoms with Crippen LogP contribution in [0.2, 0.25) is 0 Å². The molecule has 1 unspecified atom stereocenters. The fraction of sp³-hybridized carbons (Fsp3) is 0.222. The second-order valence-corrected chi connectivity index (χ2v) is 6.91. The molecule has 1 aliphatic heterocycles. The number of amides is 2. The second-order valence-electron chi connectivity index (χ2n) is 5.67. The summed E-state index contributed by atoms with van der Waals surface area (Å²) in [5.41, 5.74) is 3.90. The van der Waals surface area contributed by atoms with E-state index in [4.69, 9.17) is 0 Å². The number of hydrogen-bond acceptors (Lipinski definition) is 3. The van der Waals surface area contributed by atoms with Crippen LogP contribution in [0.4, 0.5) is 11.4 Å². The molecule has 5 heteroatoms. The van der Waals surface area contributed by atoms with Crippen molar-refractivity contribution < 1.29 is 9.59 Å². The number of hydrogen-bond donors (Lipinski definition) is 2. The lowest BCUT2D eigenvalue weighted by Crippen LogP contribution is -2.24. The van der Waals surface area contributed by atoms with Gasteiger partial charge in [-0.2, -0.15) is 0 Å². The zero-order valence-corrected chi connectivity index (χ0v) is 13.9. The molecule has 2 aromatic rings. The van der Waals surface area contributed by atoms with Crippen LogP contribution in [0.5, 0.6) is 0 Å². The van der Waals surface area contributed by atoms with Crippen molar-refractivity contribution in [3.63, 3.8) is 0 Å². The summed E-state index contributed by atoms with van der Waals surface area (Å²) in [4.78, 5) is 24.6. The minimum Gasteiger partial charge on any atom is -0.326 e. The van der Waals surface area contributed by atoms with Crippen molar-refractivity contribution in [2.45, 2.75) is 30.4 Å². The molecule has 0 fully saturated rings. The summed E-state index contributed by atoms with van der Waals surface area (Å²) >= 11 is 1.62. The Morgan fingerprint density at radius 3 is 2.35 bits per heavy atom. The lowest BCUT2D eigenvalue weighted by molar-refractivity contribution is -0.116. The Morgan fingerprint density at radius 1 is 1.04 bits per heavy atom. The Hall–Kier alpha value is -2.27. The van der Waals surface area contributed by atoms with Gasteiger partial charge >= 0.3 is 0 Å². The minimum atomic E-state index is -0.114. The van der Waals surface area contributed by atoms with Gasteiger partial charge in [-0.1, -0.05) is 17.7 Å². The van der Waals surface area contributed by atoms with Crippen molar-refractivity contribution in [3.8, 4) is 0 Å². The van der Waals surface area contributed by atoms with Crippen LogP contribution in [0, 0.1) is 6.92 Å². The third-order valence-electron chi connectivity index (χ3n) is 3.66. The number of fused-ring (bicyclic) bond motifs is 1. The van der Waals surface area contributed by atoms with E-state index in [1.165, 1.54) is 22.9 Å². The molecule has 0 bridgehead atoms. The van der Waals surface area contributed by atoms with E-state index in [2.05, 4.69) is 35.8 Å². The Bertz CT molecular complexity index is 756. The Balaban J connectivity index is 1.63. The predicted octanol–water partition coefficient (Wildman–Crippen LogP) is 3.61. The zero-order chi connectivity index (χ0) is 16.4. The number of benzene rings is 2. The number of nitrogens with one attached hydrogen (secondary N) is 2. The summed E-state index contributed by atoms with van der Waals surface area (Å²) in [6.45, 7) is 3.53. The molecule has 0 aliphatic carbocycles. The Labute approximate surface area is 139 Å². The highest BCUT2D eigenvalue weighted by Gasteiger charge is 2.28. The van der Waals surface area contributed by atoms with Gasteiger partial charge in [-0.15, -0.1) is 11.8 Å². The maximum Gasteiger partial charge on any atom is 0.238 e. The summed E-state index contributed by atoms with van der Waals surface area (Å²) in [5.74, 6) is -0.103. The van der Waals surface area contributed by atoms with Gasteiger partial charge in [-0.25, -0.2) is 0 Å². The number of anilines is 2. The molecule has 3 rings (SSSR count). The highest BCUT2D eigenvalue weighted by Crippen LogP contribution is 2.38. The first-order valence-electron chi connectivity index (χ1n) is 7.46. The van der Waals surface area contributed by atoms with Gasteiger partial charge in [0.2, 0.25) is 11.8 Å². The van der Waals surface area contributed by atoms with Crippen molar-refractivity contribution in [1.29, 1.82) is 0 Å². The summed E-state index contributed by atoms with van der Waals surface area (Å²) in [6, 6.07) is 13.5. The topological polar surface area (TPSA) is 58.2 Å². The molecule has 2 N–H and O–H groups in total. The second kappa shape index (κ2) is 6.46. The van der Waals surface area contributed by atoms with E-state index in [0.717, 1.165) is 12.1 Å². The Kier molecular flexibility index (Phi) is 4.39. The smallest absolute Gasteiger partial charge is 0.238 e. The molecule has 4 nitrogen and oxygen atoms in total. The Morgan fingerprint density at radius 2 is 1.70 bits per heavy atom. The largest absolute Gasteiger partial charge is 0.326 e. The normalized spacial score (nSPS) is 15.8. The molecular formula is C18H18N2O2S. The molecule has 118 valence electrons. The van der Waals surface area contributed by atoms with E-state index >= 15 is 0 Å². The third kappa shape index (κ3) is 3.74. The summed E-state index contributed by atoms with van der Waals surface area (Å²) < 4.78 is 0. The van der Waals surface area contributed by atoms with Crippen LogP contribution in [0.3, 0.4) is 0 Å². The van der Waals surface area contributed by atoms with Gasteiger partial charge in [0.05, 0.1) is 5.25 Å². The molecule has 0 saturated carbocycles. The van der Waals surface area contributed by atoms with Crippen molar-refractivity contribution >= 4 is 35.0 Å². The van der Waals surface area contributed by atoms with E-state index < -0.39 is 0 Å². The molecule has 0 radical (unpaired) electrons. The highest BCUT2D eigenvalue weighted by molar-refractivity contribution is 8.01. The monoisotopic (exact) mass is 326 g/mol. The molecule has 0 spiro atoms. The first-order chi connectivity index (χ1) is 11.0. The number of carbonyl (C=O) groups excluding carboxylic acids is 2. The van der Waals surface area contributed by atoms with Gasteiger partial charge < -0.3 is 10.6 Å². The first kappa shape index (κ1) is 15.6. The first-order valence-corrected chi connectivity index (χ1v) is 8.34. The van der Waals surface area contributed by atoms with Crippen LogP contribution in [0.1, 0.15) is 18.1 Å². The van der Waals surface area contributed by atoms with Gasteiger partial charge in [0, 0.05) is 23.2 Å². The lowest BCUT2D eigenvalue weighted by Gasteiger charge is -2.10. The van der Waals surface area contributed by atoms with Crippen LogP contribution in [-0.4, -0.2) is 17.1 Å². The molecule has 2 amide bonds. The lowest BCUT2D eigenvalue weighted by atomic mass is 10.1. The molecule has 0 saturated heterocycles. The zero-order valence-electron chi connectivity index (χ0n) is 13.1. The van der Waals surface area contributed by atoms with Gasteiger partial charge in [-0.05, 0) is 49.2 Å². The maximum absolute atomic E-state index is 12.4. The maximum atomic E-state index is 12.4. The quantitative estimate of drug-likeness (QED) is 0.906. The number of aryl methyl sites for hydroxylation is 1. The molecule has 1 heterocycles. The van der Waals surface area contributed by atoms with E-state index in [1.54, 1.807) is 36.0 Å². The van der Waals surface area contributed by atoms with Crippen molar-refractivity contribution in [1.82, 2.24) is 0 Å². The molecule has 1 aliphatic rings. The SMILES string of the molecule is CC(=O)Nc1ccc(NC(=O)C2Cc3ccc(C)cc3S2)cc1. The number of carbonyl (C=O) groups is 2. The highest BCUT2D eigenvalue weighted by atomic mass is 32.2. The van der Waals surface area contributed by atoms with Crippen LogP contribution in [-0.2, 0) is 16.0 Å². The third-order valence-corrected chi connectivity index (χ3v) is 4.96. The van der Waals surface area contributed by atoms with E-state index in [-0.39, 0.29) is 17.1 Å². The van der Waals surface area contributed by atoms with E-state index in [9.17, 15) is 9.59 Å². The molecular weight excluding hydrogens is 308 g/mol. The fourth-order valence-corrected chi connectivity index (χ4v) is 3.84. The van der Waals surface area contributed by atoms with Gasteiger partial charge in [-0.3, -0.25) is 9.59 Å². The molecule has 0 aromatic heterocycles. The molecule has 1 atom stereocenters. The van der Waals surface area contributed by atoms with Crippen molar-refractivity contribution in [2.75, 3.05) is 10.6 Å². The predicted molar refractivity (Wildman–Crippen MR) is 93.9 cm³/mol. The fourth-order valence-electron chi connectivity index (χ4n) is 2.54. The van der Waals surface area contributed by atoms with Crippen LogP contribution in [0.25, 0.3) is 0 Å². The average molecular weight is 326 g/mol. The average Bonchev–Trinajstić information content (AvgIpc) is 2.92. The minimum absolute atomic E-state index is 0.0103. The van der Waals surface area contributed by atoms with Gasteiger partial charge in [0.25, 0.3) is 0 Å². The van der Waals surface area contributed by atoms with E-state index in [0.29, 0.717) is 5.69 Å². The van der Waals surface area contributed by atoms with Crippen LogP contribution < -0.4 is 10.6 Å². The summed E-state index contributed by atoms with van der Waals surface area (Å²) in [7, 11) is 0. The number of thioether (sulfide) groups is 1. The summed E-state index contributed by atoms with van der Waals surface area (Å²) in [5, 5.41) is 5.55. The van der Waals surface area contributed by atoms with Gasteiger partial charge in [0.15, 0.2) is 0 Å². The van der Waals surface area contributed by atoms with Crippen molar-refractivity contribution in [2.24, 2.45) is 0 Å². The van der Waals surface area contributed by atoms with Gasteiger partial charge in [0.1, 0.15) is 0 Å².